The van der Waals surface area contributed by atoms with Gasteiger partial charge in [-0.2, -0.15) is 5.10 Å². The van der Waals surface area contributed by atoms with Gasteiger partial charge in [-0.25, -0.2) is 4.68 Å². The number of fused-ring (bicyclic) bond motifs is 1. The monoisotopic (exact) mass is 399 g/mol. The quantitative estimate of drug-likeness (QED) is 0.650. The summed E-state index contributed by atoms with van der Waals surface area (Å²) in [6, 6.07) is 15.7. The highest BCUT2D eigenvalue weighted by atomic mass is 35.5. The Bertz CT molecular complexity index is 971. The van der Waals surface area contributed by atoms with E-state index in [-0.39, 0.29) is 12.5 Å². The zero-order chi connectivity index (χ0) is 19.5. The van der Waals surface area contributed by atoms with Crippen molar-refractivity contribution in [3.8, 4) is 11.4 Å². The number of halogens is 1. The molecule has 1 fully saturated rings. The smallest absolute Gasteiger partial charge is 0.304 e. The molecule has 0 radical (unpaired) electrons. The molecular weight excluding hydrogens is 378 g/mol. The van der Waals surface area contributed by atoms with E-state index >= 15 is 0 Å². The van der Waals surface area contributed by atoms with Crippen LogP contribution in [-0.4, -0.2) is 51.5 Å². The van der Waals surface area contributed by atoms with Gasteiger partial charge in [-0.15, -0.1) is 0 Å². The summed E-state index contributed by atoms with van der Waals surface area (Å²) in [7, 11) is 0. The van der Waals surface area contributed by atoms with E-state index < -0.39 is 5.97 Å². The number of hydrogen-bond donors (Lipinski definition) is 1. The average Bonchev–Trinajstić information content (AvgIpc) is 3.29. The van der Waals surface area contributed by atoms with Gasteiger partial charge in [0.1, 0.15) is 17.5 Å². The summed E-state index contributed by atoms with van der Waals surface area (Å²) < 4.78 is 7.68. The number of aliphatic carboxylic acids is 1. The molecule has 2 heterocycles. The Morgan fingerprint density at radius 3 is 2.75 bits per heavy atom. The van der Waals surface area contributed by atoms with Gasteiger partial charge in [-0.1, -0.05) is 23.7 Å². The summed E-state index contributed by atoms with van der Waals surface area (Å²) in [6.07, 6.45) is 2.29. The summed E-state index contributed by atoms with van der Waals surface area (Å²) in [5.74, 6) is 0.0220. The topological polar surface area (TPSA) is 67.6 Å². The van der Waals surface area contributed by atoms with Crippen molar-refractivity contribution in [3.05, 3.63) is 53.7 Å². The van der Waals surface area contributed by atoms with Gasteiger partial charge in [0.05, 0.1) is 17.6 Å². The highest BCUT2D eigenvalue weighted by molar-refractivity contribution is 6.34. The Morgan fingerprint density at radius 1 is 1.21 bits per heavy atom. The van der Waals surface area contributed by atoms with E-state index in [1.807, 2.05) is 48.5 Å². The van der Waals surface area contributed by atoms with E-state index in [2.05, 4.69) is 10.00 Å². The van der Waals surface area contributed by atoms with E-state index in [0.29, 0.717) is 18.3 Å². The highest BCUT2D eigenvalue weighted by Crippen LogP contribution is 2.27. The average molecular weight is 400 g/mol. The molecule has 2 aromatic carbocycles. The Hall–Kier alpha value is -2.57. The Kier molecular flexibility index (Phi) is 5.50. The Morgan fingerprint density at radius 2 is 2.00 bits per heavy atom. The third-order valence-electron chi connectivity index (χ3n) is 5.16. The molecule has 0 aliphatic carbocycles. The van der Waals surface area contributed by atoms with Crippen LogP contribution in [0.4, 0.5) is 0 Å². The molecule has 0 saturated carbocycles. The second-order valence-corrected chi connectivity index (χ2v) is 7.36. The van der Waals surface area contributed by atoms with Crippen LogP contribution >= 0.6 is 11.6 Å². The number of ether oxygens (including phenoxy) is 1. The maximum Gasteiger partial charge on any atom is 0.304 e. The molecule has 1 saturated heterocycles. The molecule has 3 aromatic rings. The van der Waals surface area contributed by atoms with Crippen molar-refractivity contribution in [2.24, 2.45) is 0 Å². The lowest BCUT2D eigenvalue weighted by Gasteiger charge is -2.23. The van der Waals surface area contributed by atoms with Crippen molar-refractivity contribution in [3.63, 3.8) is 0 Å². The lowest BCUT2D eigenvalue weighted by atomic mass is 10.2. The van der Waals surface area contributed by atoms with E-state index in [4.69, 9.17) is 21.4 Å². The van der Waals surface area contributed by atoms with Gasteiger partial charge in [0.15, 0.2) is 0 Å². The number of aromatic nitrogens is 2. The molecule has 0 spiro atoms. The van der Waals surface area contributed by atoms with Crippen molar-refractivity contribution in [1.82, 2.24) is 14.7 Å². The first-order valence-electron chi connectivity index (χ1n) is 9.44. The van der Waals surface area contributed by atoms with Gasteiger partial charge >= 0.3 is 5.97 Å². The highest BCUT2D eigenvalue weighted by Gasteiger charge is 2.25. The molecule has 4 rings (SSSR count). The van der Waals surface area contributed by atoms with Crippen LogP contribution in [0.5, 0.6) is 5.75 Å². The zero-order valence-corrected chi connectivity index (χ0v) is 16.2. The number of carboxylic acid groups (broad SMARTS) is 1. The minimum atomic E-state index is -0.757. The van der Waals surface area contributed by atoms with Crippen LogP contribution in [0.15, 0.2) is 48.5 Å². The number of benzene rings is 2. The summed E-state index contributed by atoms with van der Waals surface area (Å²) in [6.45, 7) is 2.07. The number of hydrogen-bond acceptors (Lipinski definition) is 4. The molecule has 1 atom stereocenters. The second kappa shape index (κ2) is 8.20. The minimum Gasteiger partial charge on any atom is -0.492 e. The van der Waals surface area contributed by atoms with Gasteiger partial charge in [0.2, 0.25) is 0 Å². The van der Waals surface area contributed by atoms with Crippen molar-refractivity contribution < 1.29 is 14.6 Å². The largest absolute Gasteiger partial charge is 0.492 e. The summed E-state index contributed by atoms with van der Waals surface area (Å²) in [5, 5.41) is 14.9. The van der Waals surface area contributed by atoms with Crippen molar-refractivity contribution in [2.45, 2.75) is 25.3 Å². The number of carbonyl (C=O) groups is 1. The molecule has 28 heavy (non-hydrogen) atoms. The molecule has 1 N–H and O–H groups in total. The third-order valence-corrected chi connectivity index (χ3v) is 5.52. The number of carboxylic acids is 1. The fourth-order valence-corrected chi connectivity index (χ4v) is 3.96. The molecule has 0 bridgehead atoms. The van der Waals surface area contributed by atoms with Crippen LogP contribution in [0.1, 0.15) is 19.3 Å². The van der Waals surface area contributed by atoms with Gasteiger partial charge in [-0.3, -0.25) is 9.69 Å². The predicted octanol–water partition coefficient (Wildman–Crippen LogP) is 4.00. The van der Waals surface area contributed by atoms with Gasteiger partial charge in [0, 0.05) is 18.0 Å². The Balaban J connectivity index is 1.41. The fraction of sp³-hybridized carbons (Fsp3) is 0.333. The zero-order valence-electron chi connectivity index (χ0n) is 15.4. The fourth-order valence-electron chi connectivity index (χ4n) is 3.67. The first kappa shape index (κ1) is 18.8. The normalized spacial score (nSPS) is 17.2. The van der Waals surface area contributed by atoms with E-state index in [1.54, 1.807) is 4.68 Å². The van der Waals surface area contributed by atoms with E-state index in [9.17, 15) is 4.79 Å². The van der Waals surface area contributed by atoms with Gasteiger partial charge < -0.3 is 9.84 Å². The van der Waals surface area contributed by atoms with E-state index in [1.165, 1.54) is 0 Å². The summed E-state index contributed by atoms with van der Waals surface area (Å²) >= 11 is 6.47. The SMILES string of the molecule is O=C(O)CCN1CCC[C@@H]1COc1ccc(-n2nc3ccccc3c2Cl)cc1. The van der Waals surface area contributed by atoms with Gasteiger partial charge in [-0.05, 0) is 55.8 Å². The molecule has 7 heteroatoms. The van der Waals surface area contributed by atoms with Crippen LogP contribution in [0.25, 0.3) is 16.6 Å². The number of rotatable bonds is 7. The van der Waals surface area contributed by atoms with Crippen LogP contribution in [0.3, 0.4) is 0 Å². The molecule has 1 aliphatic rings. The summed E-state index contributed by atoms with van der Waals surface area (Å²) in [5.41, 5.74) is 1.73. The van der Waals surface area contributed by atoms with Crippen LogP contribution < -0.4 is 4.74 Å². The standard InChI is InChI=1S/C21H22ClN3O3/c22-21-18-5-1-2-6-19(18)23-25(21)15-7-9-17(10-8-15)28-14-16-4-3-12-24(16)13-11-20(26)27/h1-2,5-10,16H,3-4,11-14H2,(H,26,27)/t16-/m1/s1. The maximum atomic E-state index is 10.8. The predicted molar refractivity (Wildman–Crippen MR) is 108 cm³/mol. The minimum absolute atomic E-state index is 0.171. The first-order valence-corrected chi connectivity index (χ1v) is 9.82. The molecule has 146 valence electrons. The molecular formula is C21H22ClN3O3. The molecule has 1 aliphatic heterocycles. The molecule has 0 unspecified atom stereocenters. The molecule has 1 aromatic heterocycles. The lowest BCUT2D eigenvalue weighted by Crippen LogP contribution is -2.35. The number of nitrogens with zero attached hydrogens (tertiary/aromatic N) is 3. The lowest BCUT2D eigenvalue weighted by molar-refractivity contribution is -0.137. The first-order chi connectivity index (χ1) is 13.6. The molecule has 0 amide bonds. The maximum absolute atomic E-state index is 10.8. The Labute approximate surface area is 168 Å². The van der Waals surface area contributed by atoms with Gasteiger partial charge in [0.25, 0.3) is 0 Å². The molecule has 6 nitrogen and oxygen atoms in total. The van der Waals surface area contributed by atoms with Crippen LogP contribution in [0.2, 0.25) is 5.15 Å². The van der Waals surface area contributed by atoms with Crippen molar-refractivity contribution in [2.75, 3.05) is 19.7 Å². The van der Waals surface area contributed by atoms with Crippen molar-refractivity contribution in [1.29, 1.82) is 0 Å². The van der Waals surface area contributed by atoms with Crippen LogP contribution in [0, 0.1) is 0 Å². The second-order valence-electron chi connectivity index (χ2n) is 7.00. The third kappa shape index (κ3) is 3.98. The summed E-state index contributed by atoms with van der Waals surface area (Å²) in [4.78, 5) is 13.0. The number of likely N-dealkylation sites (tertiary alicyclic amines) is 1. The van der Waals surface area contributed by atoms with Crippen molar-refractivity contribution >= 4 is 28.5 Å². The van der Waals surface area contributed by atoms with E-state index in [0.717, 1.165) is 41.7 Å². The van der Waals surface area contributed by atoms with Crippen LogP contribution in [-0.2, 0) is 4.79 Å².